The van der Waals surface area contributed by atoms with Crippen LogP contribution in [0.2, 0.25) is 0 Å². The van der Waals surface area contributed by atoms with Crippen molar-refractivity contribution in [2.24, 2.45) is 11.7 Å². The van der Waals surface area contributed by atoms with E-state index in [2.05, 4.69) is 14.7 Å². The number of hydrogen-bond donors (Lipinski definition) is 2. The monoisotopic (exact) mass is 326 g/mol. The molecule has 0 saturated carbocycles. The molecule has 0 aliphatic rings. The number of carbonyl (C=O) groups is 1. The van der Waals surface area contributed by atoms with Crippen LogP contribution in [0.15, 0.2) is 30.3 Å². The quantitative estimate of drug-likeness (QED) is 0.884. The molecule has 0 unspecified atom stereocenters. The molecule has 114 valence electrons. The Bertz CT molecular complexity index is 573. The number of nitrogens with zero attached hydrogens (tertiary/aromatic N) is 2. The molecule has 21 heavy (non-hydrogen) atoms. The van der Waals surface area contributed by atoms with Gasteiger partial charge in [0.2, 0.25) is 11.0 Å². The predicted molar refractivity (Wildman–Crippen MR) is 87.8 cm³/mol. The van der Waals surface area contributed by atoms with Crippen LogP contribution in [0.5, 0.6) is 0 Å². The number of aromatic nitrogens is 2. The number of nitrogens with one attached hydrogen (secondary N) is 1. The van der Waals surface area contributed by atoms with E-state index in [0.29, 0.717) is 17.4 Å². The van der Waals surface area contributed by atoms with Crippen molar-refractivity contribution >= 4 is 35.0 Å². The number of amides is 1. The highest BCUT2D eigenvalue weighted by Gasteiger charge is 2.18. The minimum Gasteiger partial charge on any atom is -0.320 e. The second-order valence-electron chi connectivity index (χ2n) is 4.94. The highest BCUT2D eigenvalue weighted by molar-refractivity contribution is 7.09. The summed E-state index contributed by atoms with van der Waals surface area (Å²) in [5.41, 5.74) is 6.92. The first-order valence-electron chi connectivity index (χ1n) is 6.49. The van der Waals surface area contributed by atoms with Crippen molar-refractivity contribution in [3.8, 4) is 0 Å². The molecule has 0 bridgehead atoms. The van der Waals surface area contributed by atoms with Crippen LogP contribution in [-0.4, -0.2) is 21.3 Å². The molecular weight excluding hydrogens is 308 g/mol. The van der Waals surface area contributed by atoms with Gasteiger partial charge < -0.3 is 5.73 Å². The summed E-state index contributed by atoms with van der Waals surface area (Å²) >= 11 is 1.18. The molecule has 0 radical (unpaired) electrons. The number of nitrogens with two attached hydrogens (primary N) is 1. The number of benzene rings is 1. The van der Waals surface area contributed by atoms with Crippen molar-refractivity contribution in [2.45, 2.75) is 26.3 Å². The fourth-order valence-corrected chi connectivity index (χ4v) is 2.24. The van der Waals surface area contributed by atoms with E-state index in [1.807, 2.05) is 44.2 Å². The van der Waals surface area contributed by atoms with E-state index >= 15 is 0 Å². The van der Waals surface area contributed by atoms with Gasteiger partial charge in [0.15, 0.2) is 0 Å². The molecular formula is C14H19ClN4OS. The summed E-state index contributed by atoms with van der Waals surface area (Å²) in [6, 6.07) is 9.44. The van der Waals surface area contributed by atoms with Gasteiger partial charge in [-0.15, -0.1) is 12.4 Å². The van der Waals surface area contributed by atoms with Gasteiger partial charge >= 0.3 is 0 Å². The Morgan fingerprint density at radius 3 is 2.62 bits per heavy atom. The molecule has 5 nitrogen and oxygen atoms in total. The fraction of sp³-hybridized carbons (Fsp3) is 0.357. The summed E-state index contributed by atoms with van der Waals surface area (Å²) in [6.45, 7) is 3.82. The Morgan fingerprint density at radius 2 is 2.00 bits per heavy atom. The minimum absolute atomic E-state index is 0. The molecule has 0 saturated heterocycles. The maximum atomic E-state index is 11.8. The average molecular weight is 327 g/mol. The van der Waals surface area contributed by atoms with E-state index in [4.69, 9.17) is 5.73 Å². The largest absolute Gasteiger partial charge is 0.320 e. The molecule has 1 heterocycles. The Morgan fingerprint density at radius 1 is 1.33 bits per heavy atom. The van der Waals surface area contributed by atoms with E-state index in [-0.39, 0.29) is 24.2 Å². The second kappa shape index (κ2) is 8.07. The van der Waals surface area contributed by atoms with Crippen LogP contribution in [0.1, 0.15) is 25.2 Å². The molecule has 1 aromatic carbocycles. The molecule has 1 atom stereocenters. The first-order valence-corrected chi connectivity index (χ1v) is 7.26. The SMILES string of the molecule is CC(C)[C@H](N)C(=O)Nc1nc(Cc2ccccc2)ns1.Cl. The van der Waals surface area contributed by atoms with E-state index < -0.39 is 6.04 Å². The van der Waals surface area contributed by atoms with Crippen LogP contribution in [0, 0.1) is 5.92 Å². The number of carbonyl (C=O) groups excluding carboxylic acids is 1. The maximum absolute atomic E-state index is 11.8. The topological polar surface area (TPSA) is 80.9 Å². The highest BCUT2D eigenvalue weighted by atomic mass is 35.5. The predicted octanol–water partition coefficient (Wildman–Crippen LogP) is 2.47. The van der Waals surface area contributed by atoms with Crippen molar-refractivity contribution in [1.82, 2.24) is 9.36 Å². The molecule has 2 aromatic rings. The van der Waals surface area contributed by atoms with Crippen LogP contribution in [-0.2, 0) is 11.2 Å². The van der Waals surface area contributed by atoms with E-state index in [1.54, 1.807) is 0 Å². The van der Waals surface area contributed by atoms with Crippen LogP contribution >= 0.6 is 23.9 Å². The first kappa shape index (κ1) is 17.6. The molecule has 2 rings (SSSR count). The third-order valence-electron chi connectivity index (χ3n) is 2.92. The van der Waals surface area contributed by atoms with Crippen LogP contribution in [0.4, 0.5) is 5.13 Å². The Hall–Kier alpha value is -1.50. The van der Waals surface area contributed by atoms with Gasteiger partial charge in [-0.1, -0.05) is 44.2 Å². The molecule has 0 spiro atoms. The molecule has 3 N–H and O–H groups in total. The second-order valence-corrected chi connectivity index (χ2v) is 5.69. The lowest BCUT2D eigenvalue weighted by atomic mass is 10.1. The summed E-state index contributed by atoms with van der Waals surface area (Å²) in [7, 11) is 0. The zero-order valence-corrected chi connectivity index (χ0v) is 13.6. The zero-order chi connectivity index (χ0) is 14.5. The van der Waals surface area contributed by atoms with Gasteiger partial charge in [0.25, 0.3) is 0 Å². The Labute approximate surface area is 134 Å². The summed E-state index contributed by atoms with van der Waals surface area (Å²) in [5, 5.41) is 3.21. The summed E-state index contributed by atoms with van der Waals surface area (Å²) in [5.74, 6) is 0.573. The van der Waals surface area contributed by atoms with Crippen molar-refractivity contribution < 1.29 is 4.79 Å². The van der Waals surface area contributed by atoms with Crippen molar-refractivity contribution in [2.75, 3.05) is 5.32 Å². The lowest BCUT2D eigenvalue weighted by Gasteiger charge is -2.13. The molecule has 1 amide bonds. The number of anilines is 1. The normalized spacial score (nSPS) is 11.8. The minimum atomic E-state index is -0.531. The van der Waals surface area contributed by atoms with Gasteiger partial charge in [0.1, 0.15) is 5.82 Å². The van der Waals surface area contributed by atoms with Crippen LogP contribution in [0.25, 0.3) is 0 Å². The molecule has 0 aliphatic carbocycles. The van der Waals surface area contributed by atoms with Gasteiger partial charge in [0.05, 0.1) is 6.04 Å². The third kappa shape index (κ3) is 5.08. The molecule has 7 heteroatoms. The smallest absolute Gasteiger partial charge is 0.243 e. The molecule has 0 fully saturated rings. The van der Waals surface area contributed by atoms with Gasteiger partial charge in [-0.2, -0.15) is 4.37 Å². The van der Waals surface area contributed by atoms with Crippen molar-refractivity contribution in [3.05, 3.63) is 41.7 Å². The Balaban J connectivity index is 0.00000220. The van der Waals surface area contributed by atoms with Gasteiger partial charge in [-0.25, -0.2) is 4.98 Å². The summed E-state index contributed by atoms with van der Waals surface area (Å²) in [6.07, 6.45) is 0.656. The van der Waals surface area contributed by atoms with Gasteiger partial charge in [-0.3, -0.25) is 10.1 Å². The maximum Gasteiger partial charge on any atom is 0.243 e. The lowest BCUT2D eigenvalue weighted by molar-refractivity contribution is -0.118. The lowest BCUT2D eigenvalue weighted by Crippen LogP contribution is -2.39. The molecule has 0 aliphatic heterocycles. The summed E-state index contributed by atoms with van der Waals surface area (Å²) in [4.78, 5) is 16.1. The average Bonchev–Trinajstić information content (AvgIpc) is 2.86. The standard InChI is InChI=1S/C14H18N4OS.ClH/c1-9(2)12(15)13(19)17-14-16-11(18-20-14)8-10-6-4-3-5-7-10;/h3-7,9,12H,8,15H2,1-2H3,(H,16,17,18,19);1H/t12-;/m0./s1. The summed E-state index contributed by atoms with van der Waals surface area (Å²) < 4.78 is 4.24. The highest BCUT2D eigenvalue weighted by Crippen LogP contribution is 2.15. The third-order valence-corrected chi connectivity index (χ3v) is 3.59. The van der Waals surface area contributed by atoms with Crippen molar-refractivity contribution in [1.29, 1.82) is 0 Å². The van der Waals surface area contributed by atoms with E-state index in [0.717, 1.165) is 5.56 Å². The van der Waals surface area contributed by atoms with Crippen LogP contribution < -0.4 is 11.1 Å². The number of halogens is 1. The number of hydrogen-bond acceptors (Lipinski definition) is 5. The van der Waals surface area contributed by atoms with Crippen LogP contribution in [0.3, 0.4) is 0 Å². The van der Waals surface area contributed by atoms with E-state index in [9.17, 15) is 4.79 Å². The van der Waals surface area contributed by atoms with Gasteiger partial charge in [0, 0.05) is 18.0 Å². The number of rotatable bonds is 5. The van der Waals surface area contributed by atoms with E-state index in [1.165, 1.54) is 11.5 Å². The van der Waals surface area contributed by atoms with Gasteiger partial charge in [-0.05, 0) is 11.5 Å². The molecule has 1 aromatic heterocycles. The zero-order valence-electron chi connectivity index (χ0n) is 11.9. The van der Waals surface area contributed by atoms with Crippen molar-refractivity contribution in [3.63, 3.8) is 0 Å². The first-order chi connectivity index (χ1) is 9.56. The fourth-order valence-electron chi connectivity index (χ4n) is 1.65. The Kier molecular flexibility index (Phi) is 6.74.